The average Bonchev–Trinajstić information content (AvgIpc) is 3.51. The molecule has 33 heavy (non-hydrogen) atoms. The smallest absolute Gasteiger partial charge is 0.226 e. The molecule has 0 bridgehead atoms. The Kier molecular flexibility index (Phi) is 7.87. The second-order valence-corrected chi connectivity index (χ2v) is 9.67. The molecule has 1 amide bonds. The van der Waals surface area contributed by atoms with Crippen molar-refractivity contribution in [2.75, 3.05) is 37.7 Å². The second-order valence-electron chi connectivity index (χ2n) is 8.88. The SMILES string of the molecule is CCC(=O)N(c1ccccc1)C1CCN(CCc2c3c(c(Br)c4c2OCC4)OCC3)CC1.Cl. The van der Waals surface area contributed by atoms with Crippen LogP contribution in [0.3, 0.4) is 0 Å². The number of ether oxygens (including phenoxy) is 2. The minimum absolute atomic E-state index is 0. The van der Waals surface area contributed by atoms with Gasteiger partial charge in [0.2, 0.25) is 5.91 Å². The Bertz CT molecular complexity index is 958. The van der Waals surface area contributed by atoms with E-state index in [1.54, 1.807) is 0 Å². The Morgan fingerprint density at radius 3 is 2.42 bits per heavy atom. The number of piperidine rings is 1. The highest BCUT2D eigenvalue weighted by Gasteiger charge is 2.32. The summed E-state index contributed by atoms with van der Waals surface area (Å²) >= 11 is 3.75. The van der Waals surface area contributed by atoms with Crippen molar-refractivity contribution < 1.29 is 14.3 Å². The van der Waals surface area contributed by atoms with Crippen molar-refractivity contribution in [3.63, 3.8) is 0 Å². The minimum atomic E-state index is 0. The summed E-state index contributed by atoms with van der Waals surface area (Å²) in [5.74, 6) is 2.35. The van der Waals surface area contributed by atoms with Gasteiger partial charge in [-0.05, 0) is 47.3 Å². The van der Waals surface area contributed by atoms with Gasteiger partial charge in [0, 0.05) is 67.3 Å². The number of hydrogen-bond acceptors (Lipinski definition) is 4. The van der Waals surface area contributed by atoms with Gasteiger partial charge in [-0.25, -0.2) is 0 Å². The molecule has 0 saturated carbocycles. The van der Waals surface area contributed by atoms with Crippen molar-refractivity contribution in [2.24, 2.45) is 0 Å². The summed E-state index contributed by atoms with van der Waals surface area (Å²) in [5.41, 5.74) is 4.98. The Morgan fingerprint density at radius 2 is 1.73 bits per heavy atom. The van der Waals surface area contributed by atoms with Gasteiger partial charge in [0.25, 0.3) is 0 Å². The maximum Gasteiger partial charge on any atom is 0.226 e. The molecule has 0 aromatic heterocycles. The summed E-state index contributed by atoms with van der Waals surface area (Å²) in [6, 6.07) is 10.4. The van der Waals surface area contributed by atoms with Crippen LogP contribution < -0.4 is 14.4 Å². The molecule has 0 atom stereocenters. The molecule has 178 valence electrons. The maximum atomic E-state index is 12.7. The van der Waals surface area contributed by atoms with Gasteiger partial charge in [0.15, 0.2) is 0 Å². The van der Waals surface area contributed by atoms with Crippen LogP contribution in [0.5, 0.6) is 11.5 Å². The first kappa shape index (κ1) is 24.4. The Balaban J connectivity index is 0.00000259. The maximum absolute atomic E-state index is 12.7. The Morgan fingerprint density at radius 1 is 1.06 bits per heavy atom. The number of para-hydroxylation sites is 1. The van der Waals surface area contributed by atoms with Crippen LogP contribution in [-0.2, 0) is 24.1 Å². The van der Waals surface area contributed by atoms with Gasteiger partial charge in [-0.15, -0.1) is 12.4 Å². The first-order valence-electron chi connectivity index (χ1n) is 11.9. The number of carbonyl (C=O) groups is 1. The van der Waals surface area contributed by atoms with E-state index in [9.17, 15) is 4.79 Å². The molecular weight excluding hydrogens is 504 g/mol. The number of benzene rings is 2. The van der Waals surface area contributed by atoms with Gasteiger partial charge in [0.05, 0.1) is 17.7 Å². The fourth-order valence-electron chi connectivity index (χ4n) is 5.40. The summed E-state index contributed by atoms with van der Waals surface area (Å²) in [6.07, 6.45) is 5.46. The van der Waals surface area contributed by atoms with Crippen LogP contribution in [0.4, 0.5) is 5.69 Å². The lowest BCUT2D eigenvalue weighted by molar-refractivity contribution is -0.119. The molecule has 7 heteroatoms. The lowest BCUT2D eigenvalue weighted by atomic mass is 9.96. The third kappa shape index (κ3) is 4.75. The van der Waals surface area contributed by atoms with Crippen LogP contribution in [-0.4, -0.2) is 49.7 Å². The second kappa shape index (κ2) is 10.7. The molecule has 2 aromatic carbocycles. The number of carbonyl (C=O) groups excluding carboxylic acids is 1. The zero-order valence-electron chi connectivity index (χ0n) is 19.1. The number of hydrogen-bond donors (Lipinski definition) is 0. The monoisotopic (exact) mass is 534 g/mol. The molecule has 5 nitrogen and oxygen atoms in total. The quantitative estimate of drug-likeness (QED) is 0.510. The van der Waals surface area contributed by atoms with E-state index in [-0.39, 0.29) is 24.4 Å². The van der Waals surface area contributed by atoms with E-state index in [1.807, 2.05) is 30.0 Å². The molecule has 1 saturated heterocycles. The third-order valence-electron chi connectivity index (χ3n) is 7.05. The lowest BCUT2D eigenvalue weighted by Gasteiger charge is -2.38. The summed E-state index contributed by atoms with van der Waals surface area (Å²) in [4.78, 5) is 17.3. The molecule has 5 rings (SSSR count). The zero-order chi connectivity index (χ0) is 22.1. The Labute approximate surface area is 211 Å². The van der Waals surface area contributed by atoms with E-state index in [2.05, 4.69) is 33.0 Å². The van der Waals surface area contributed by atoms with Gasteiger partial charge >= 0.3 is 0 Å². The summed E-state index contributed by atoms with van der Waals surface area (Å²) in [7, 11) is 0. The van der Waals surface area contributed by atoms with Crippen molar-refractivity contribution in [1.82, 2.24) is 4.90 Å². The molecule has 1 fully saturated rings. The van der Waals surface area contributed by atoms with E-state index in [0.717, 1.165) is 86.6 Å². The van der Waals surface area contributed by atoms with E-state index in [0.29, 0.717) is 6.42 Å². The Hall–Kier alpha value is -1.76. The number of likely N-dealkylation sites (tertiary alicyclic amines) is 1. The van der Waals surface area contributed by atoms with Gasteiger partial charge in [-0.3, -0.25) is 4.79 Å². The first-order valence-corrected chi connectivity index (χ1v) is 12.7. The van der Waals surface area contributed by atoms with Crippen LogP contribution in [0.25, 0.3) is 0 Å². The molecule has 3 aliphatic rings. The molecule has 3 aliphatic heterocycles. The zero-order valence-corrected chi connectivity index (χ0v) is 21.6. The van der Waals surface area contributed by atoms with Crippen molar-refractivity contribution in [3.8, 4) is 11.5 Å². The number of amides is 1. The summed E-state index contributed by atoms with van der Waals surface area (Å²) in [6.45, 7) is 6.52. The lowest BCUT2D eigenvalue weighted by Crippen LogP contribution is -2.47. The highest BCUT2D eigenvalue weighted by atomic mass is 79.9. The normalized spacial score (nSPS) is 17.5. The van der Waals surface area contributed by atoms with Crippen molar-refractivity contribution in [3.05, 3.63) is 51.5 Å². The van der Waals surface area contributed by atoms with Crippen LogP contribution in [0, 0.1) is 0 Å². The van der Waals surface area contributed by atoms with Crippen molar-refractivity contribution in [1.29, 1.82) is 0 Å². The molecule has 0 spiro atoms. The van der Waals surface area contributed by atoms with E-state index >= 15 is 0 Å². The molecule has 0 radical (unpaired) electrons. The standard InChI is InChI=1S/C26H31BrN2O3.ClH/c1-2-23(30)29(18-6-4-3-5-7-18)19-8-13-28(14-9-19)15-10-20-21-11-16-32-26(21)24(27)22-12-17-31-25(20)22;/h3-7,19H,2,8-17H2,1H3;1H. The van der Waals surface area contributed by atoms with Gasteiger partial charge < -0.3 is 19.3 Å². The van der Waals surface area contributed by atoms with Crippen molar-refractivity contribution in [2.45, 2.75) is 51.5 Å². The van der Waals surface area contributed by atoms with Crippen LogP contribution >= 0.6 is 28.3 Å². The van der Waals surface area contributed by atoms with E-state index < -0.39 is 0 Å². The predicted molar refractivity (Wildman–Crippen MR) is 137 cm³/mol. The molecule has 0 unspecified atom stereocenters. The fourth-order valence-corrected chi connectivity index (χ4v) is 6.13. The number of fused-ring (bicyclic) bond motifs is 2. The number of nitrogens with zero attached hydrogens (tertiary/aromatic N) is 2. The largest absolute Gasteiger partial charge is 0.493 e. The fraction of sp³-hybridized carbons (Fsp3) is 0.500. The molecule has 0 N–H and O–H groups in total. The van der Waals surface area contributed by atoms with Crippen molar-refractivity contribution >= 4 is 39.9 Å². The first-order chi connectivity index (χ1) is 15.7. The molecular formula is C26H32BrClN2O3. The molecule has 0 aliphatic carbocycles. The molecule has 2 aromatic rings. The third-order valence-corrected chi connectivity index (χ3v) is 7.89. The highest BCUT2D eigenvalue weighted by molar-refractivity contribution is 9.10. The summed E-state index contributed by atoms with van der Waals surface area (Å²) in [5, 5.41) is 0. The number of anilines is 1. The van der Waals surface area contributed by atoms with Crippen LogP contribution in [0.15, 0.2) is 34.8 Å². The van der Waals surface area contributed by atoms with Crippen LogP contribution in [0.2, 0.25) is 0 Å². The van der Waals surface area contributed by atoms with E-state index in [1.165, 1.54) is 16.7 Å². The number of rotatable bonds is 6. The summed E-state index contributed by atoms with van der Waals surface area (Å²) < 4.78 is 13.1. The predicted octanol–water partition coefficient (Wildman–Crippen LogP) is 5.19. The highest BCUT2D eigenvalue weighted by Crippen LogP contribution is 2.47. The van der Waals surface area contributed by atoms with E-state index in [4.69, 9.17) is 9.47 Å². The van der Waals surface area contributed by atoms with Gasteiger partial charge in [-0.2, -0.15) is 0 Å². The molecule has 3 heterocycles. The topological polar surface area (TPSA) is 42.0 Å². The van der Waals surface area contributed by atoms with Crippen LogP contribution in [0.1, 0.15) is 42.9 Å². The number of halogens is 2. The average molecular weight is 536 g/mol. The van der Waals surface area contributed by atoms with Gasteiger partial charge in [0.1, 0.15) is 11.5 Å². The van der Waals surface area contributed by atoms with Gasteiger partial charge in [-0.1, -0.05) is 25.1 Å². The minimum Gasteiger partial charge on any atom is -0.493 e.